The van der Waals surface area contributed by atoms with Gasteiger partial charge in [-0.2, -0.15) is 5.10 Å². The van der Waals surface area contributed by atoms with Gasteiger partial charge >= 0.3 is 0 Å². The van der Waals surface area contributed by atoms with E-state index in [-0.39, 0.29) is 0 Å². The third kappa shape index (κ3) is 3.94. The lowest BCUT2D eigenvalue weighted by atomic mass is 10.1. The van der Waals surface area contributed by atoms with Crippen LogP contribution >= 0.6 is 0 Å². The maximum Gasteiger partial charge on any atom is 0.0659 e. The van der Waals surface area contributed by atoms with E-state index < -0.39 is 0 Å². The van der Waals surface area contributed by atoms with E-state index in [9.17, 15) is 0 Å². The first kappa shape index (κ1) is 13.4. The first-order valence-corrected chi connectivity index (χ1v) is 7.60. The average Bonchev–Trinajstić information content (AvgIpc) is 3.17. The minimum Gasteiger partial charge on any atom is -0.314 e. The van der Waals surface area contributed by atoms with Crippen LogP contribution in [0.2, 0.25) is 0 Å². The zero-order valence-corrected chi connectivity index (χ0v) is 12.2. The Morgan fingerprint density at radius 1 is 1.20 bits per heavy atom. The van der Waals surface area contributed by atoms with E-state index in [1.165, 1.54) is 36.0 Å². The molecule has 0 saturated heterocycles. The highest BCUT2D eigenvalue weighted by molar-refractivity contribution is 5.21. The number of hydrogen-bond acceptors (Lipinski definition) is 2. The molecule has 0 unspecified atom stereocenters. The lowest BCUT2D eigenvalue weighted by Crippen LogP contribution is -2.17. The van der Waals surface area contributed by atoms with Crippen molar-refractivity contribution in [2.75, 3.05) is 6.54 Å². The molecule has 0 bridgehead atoms. The Kier molecular flexibility index (Phi) is 4.16. The Bertz CT molecular complexity index is 538. The van der Waals surface area contributed by atoms with Crippen molar-refractivity contribution >= 4 is 0 Å². The Labute approximate surface area is 121 Å². The van der Waals surface area contributed by atoms with Crippen LogP contribution in [0.3, 0.4) is 0 Å². The first-order chi connectivity index (χ1) is 9.79. The summed E-state index contributed by atoms with van der Waals surface area (Å²) < 4.78 is 2.04. The highest BCUT2D eigenvalue weighted by Crippen LogP contribution is 2.18. The molecule has 3 heteroatoms. The number of nitrogens with zero attached hydrogens (tertiary/aromatic N) is 2. The number of aromatic nitrogens is 2. The molecule has 2 aromatic rings. The van der Waals surface area contributed by atoms with Gasteiger partial charge in [0.2, 0.25) is 0 Å². The minimum atomic E-state index is 0.819. The van der Waals surface area contributed by atoms with Gasteiger partial charge in [-0.05, 0) is 50.3 Å². The molecule has 1 aromatic heterocycles. The van der Waals surface area contributed by atoms with Crippen LogP contribution in [0.5, 0.6) is 0 Å². The average molecular weight is 269 g/mol. The number of nitrogens with one attached hydrogen (secondary N) is 1. The minimum absolute atomic E-state index is 0.819. The van der Waals surface area contributed by atoms with Crippen molar-refractivity contribution in [1.82, 2.24) is 15.1 Å². The summed E-state index contributed by atoms with van der Waals surface area (Å²) in [4.78, 5) is 0. The number of aryl methyl sites for hydroxylation is 2. The molecule has 1 fully saturated rings. The molecular weight excluding hydrogens is 246 g/mol. The molecule has 1 heterocycles. The predicted octanol–water partition coefficient (Wildman–Crippen LogP) is 2.92. The molecule has 3 nitrogen and oxygen atoms in total. The molecule has 20 heavy (non-hydrogen) atoms. The molecule has 1 aromatic carbocycles. The maximum atomic E-state index is 4.46. The SMILES string of the molecule is Cc1ccc(Cn2cc(CCCNC3CC3)cn2)cc1. The van der Waals surface area contributed by atoms with Crippen molar-refractivity contribution in [3.05, 3.63) is 53.3 Å². The Morgan fingerprint density at radius 3 is 2.75 bits per heavy atom. The van der Waals surface area contributed by atoms with Crippen LogP contribution in [0.4, 0.5) is 0 Å². The fourth-order valence-corrected chi connectivity index (χ4v) is 2.39. The van der Waals surface area contributed by atoms with Gasteiger partial charge < -0.3 is 5.32 Å². The molecule has 3 rings (SSSR count). The predicted molar refractivity (Wildman–Crippen MR) is 81.9 cm³/mol. The van der Waals surface area contributed by atoms with E-state index in [1.807, 2.05) is 10.9 Å². The second-order valence-corrected chi connectivity index (χ2v) is 5.86. The zero-order valence-electron chi connectivity index (χ0n) is 12.2. The molecule has 1 N–H and O–H groups in total. The summed E-state index contributed by atoms with van der Waals surface area (Å²) in [5.74, 6) is 0. The molecule has 1 aliphatic carbocycles. The highest BCUT2D eigenvalue weighted by atomic mass is 15.3. The maximum absolute atomic E-state index is 4.46. The van der Waals surface area contributed by atoms with E-state index in [1.54, 1.807) is 0 Å². The molecular formula is C17H23N3. The Morgan fingerprint density at radius 2 is 2.00 bits per heavy atom. The number of hydrogen-bond donors (Lipinski definition) is 1. The van der Waals surface area contributed by atoms with Crippen LogP contribution in [-0.2, 0) is 13.0 Å². The fraction of sp³-hybridized carbons (Fsp3) is 0.471. The van der Waals surface area contributed by atoms with Crippen molar-refractivity contribution in [3.63, 3.8) is 0 Å². The molecule has 106 valence electrons. The van der Waals surface area contributed by atoms with Crippen molar-refractivity contribution in [2.24, 2.45) is 0 Å². The quantitative estimate of drug-likeness (QED) is 0.783. The van der Waals surface area contributed by atoms with Crippen LogP contribution in [0.1, 0.15) is 36.0 Å². The summed E-state index contributed by atoms with van der Waals surface area (Å²) in [7, 11) is 0. The smallest absolute Gasteiger partial charge is 0.0659 e. The van der Waals surface area contributed by atoms with Gasteiger partial charge in [0.25, 0.3) is 0 Å². The van der Waals surface area contributed by atoms with Gasteiger partial charge in [0.05, 0.1) is 12.7 Å². The van der Waals surface area contributed by atoms with Gasteiger partial charge in [0, 0.05) is 12.2 Å². The van der Waals surface area contributed by atoms with E-state index in [0.29, 0.717) is 0 Å². The lowest BCUT2D eigenvalue weighted by molar-refractivity contribution is 0.644. The van der Waals surface area contributed by atoms with Crippen molar-refractivity contribution in [3.8, 4) is 0 Å². The summed E-state index contributed by atoms with van der Waals surface area (Å²) in [5, 5.41) is 8.01. The van der Waals surface area contributed by atoms with Gasteiger partial charge in [-0.15, -0.1) is 0 Å². The Hall–Kier alpha value is -1.61. The van der Waals surface area contributed by atoms with E-state index in [4.69, 9.17) is 0 Å². The van der Waals surface area contributed by atoms with Crippen molar-refractivity contribution < 1.29 is 0 Å². The van der Waals surface area contributed by atoms with Crippen molar-refractivity contribution in [2.45, 2.75) is 45.2 Å². The molecule has 0 amide bonds. The first-order valence-electron chi connectivity index (χ1n) is 7.60. The standard InChI is InChI=1S/C17H23N3/c1-14-4-6-15(7-5-14)12-20-13-16(11-19-20)3-2-10-18-17-8-9-17/h4-7,11,13,17-18H,2-3,8-10,12H2,1H3. The summed E-state index contributed by atoms with van der Waals surface area (Å²) >= 11 is 0. The van der Waals surface area contributed by atoms with Gasteiger partial charge in [0.1, 0.15) is 0 Å². The highest BCUT2D eigenvalue weighted by Gasteiger charge is 2.19. The fourth-order valence-electron chi connectivity index (χ4n) is 2.39. The summed E-state index contributed by atoms with van der Waals surface area (Å²) in [5.41, 5.74) is 3.95. The monoisotopic (exact) mass is 269 g/mol. The van der Waals surface area contributed by atoms with E-state index in [0.717, 1.165) is 25.6 Å². The van der Waals surface area contributed by atoms with Crippen LogP contribution in [0.15, 0.2) is 36.7 Å². The molecule has 0 aliphatic heterocycles. The second kappa shape index (κ2) is 6.23. The zero-order chi connectivity index (χ0) is 13.8. The van der Waals surface area contributed by atoms with Crippen LogP contribution in [0.25, 0.3) is 0 Å². The summed E-state index contributed by atoms with van der Waals surface area (Å²) in [6, 6.07) is 9.48. The third-order valence-corrected chi connectivity index (χ3v) is 3.80. The number of benzene rings is 1. The molecule has 0 spiro atoms. The van der Waals surface area contributed by atoms with Gasteiger partial charge in [0.15, 0.2) is 0 Å². The normalized spacial score (nSPS) is 14.7. The van der Waals surface area contributed by atoms with E-state index in [2.05, 4.69) is 47.8 Å². The van der Waals surface area contributed by atoms with Crippen LogP contribution < -0.4 is 5.32 Å². The van der Waals surface area contributed by atoms with Crippen molar-refractivity contribution in [1.29, 1.82) is 0 Å². The summed E-state index contributed by atoms with van der Waals surface area (Å²) in [6.45, 7) is 4.11. The van der Waals surface area contributed by atoms with Gasteiger partial charge in [-0.1, -0.05) is 29.8 Å². The van der Waals surface area contributed by atoms with Crippen LogP contribution in [-0.4, -0.2) is 22.4 Å². The summed E-state index contributed by atoms with van der Waals surface area (Å²) in [6.07, 6.45) is 9.24. The second-order valence-electron chi connectivity index (χ2n) is 5.86. The third-order valence-electron chi connectivity index (χ3n) is 3.80. The Balaban J connectivity index is 1.46. The molecule has 1 aliphatic rings. The topological polar surface area (TPSA) is 29.9 Å². The van der Waals surface area contributed by atoms with E-state index >= 15 is 0 Å². The number of rotatable bonds is 7. The molecule has 0 radical (unpaired) electrons. The largest absolute Gasteiger partial charge is 0.314 e. The van der Waals surface area contributed by atoms with Crippen LogP contribution in [0, 0.1) is 6.92 Å². The lowest BCUT2D eigenvalue weighted by Gasteiger charge is -2.02. The molecule has 1 saturated carbocycles. The van der Waals surface area contributed by atoms with Gasteiger partial charge in [-0.25, -0.2) is 0 Å². The molecule has 0 atom stereocenters. The van der Waals surface area contributed by atoms with Gasteiger partial charge in [-0.3, -0.25) is 4.68 Å².